The second kappa shape index (κ2) is 6.54. The quantitative estimate of drug-likeness (QED) is 0.839. The molecule has 1 aromatic carbocycles. The molecule has 0 aliphatic carbocycles. The van der Waals surface area contributed by atoms with Crippen LogP contribution in [-0.2, 0) is 11.3 Å². The second-order valence-corrected chi connectivity index (χ2v) is 4.71. The number of rotatable bonds is 5. The van der Waals surface area contributed by atoms with Gasteiger partial charge in [0.25, 0.3) is 0 Å². The van der Waals surface area contributed by atoms with Crippen molar-refractivity contribution in [1.29, 1.82) is 0 Å². The fourth-order valence-corrected chi connectivity index (χ4v) is 1.55. The van der Waals surface area contributed by atoms with E-state index in [2.05, 4.69) is 19.2 Å². The third-order valence-corrected chi connectivity index (χ3v) is 2.75. The van der Waals surface area contributed by atoms with E-state index in [1.807, 2.05) is 24.3 Å². The molecule has 0 aliphatic heterocycles. The molecule has 0 saturated carbocycles. The van der Waals surface area contributed by atoms with Crippen LogP contribution in [-0.4, -0.2) is 5.91 Å². The molecule has 1 aromatic rings. The van der Waals surface area contributed by atoms with E-state index in [0.717, 1.165) is 12.0 Å². The molecule has 0 saturated heterocycles. The molecular weight excluding hydrogens is 222 g/mol. The van der Waals surface area contributed by atoms with E-state index in [4.69, 9.17) is 11.6 Å². The summed E-state index contributed by atoms with van der Waals surface area (Å²) in [5.74, 6) is 0.652. The predicted molar refractivity (Wildman–Crippen MR) is 67.4 cm³/mol. The van der Waals surface area contributed by atoms with Crippen molar-refractivity contribution in [3.8, 4) is 0 Å². The lowest BCUT2D eigenvalue weighted by atomic mass is 10.1. The van der Waals surface area contributed by atoms with Gasteiger partial charge in [-0.3, -0.25) is 4.79 Å². The van der Waals surface area contributed by atoms with E-state index in [-0.39, 0.29) is 5.91 Å². The Kier molecular flexibility index (Phi) is 5.33. The maximum absolute atomic E-state index is 11.5. The van der Waals surface area contributed by atoms with Crippen molar-refractivity contribution in [1.82, 2.24) is 5.32 Å². The van der Waals surface area contributed by atoms with Crippen LogP contribution in [0.15, 0.2) is 24.3 Å². The Morgan fingerprint density at radius 2 is 2.06 bits per heavy atom. The Balaban J connectivity index is 2.35. The number of hydrogen-bond acceptors (Lipinski definition) is 1. The van der Waals surface area contributed by atoms with Gasteiger partial charge in [0, 0.05) is 18.0 Å². The largest absolute Gasteiger partial charge is 0.352 e. The van der Waals surface area contributed by atoms with Crippen LogP contribution in [0.5, 0.6) is 0 Å². The first-order valence-corrected chi connectivity index (χ1v) is 5.97. The number of hydrogen-bond donors (Lipinski definition) is 1. The lowest BCUT2D eigenvalue weighted by Gasteiger charge is -2.07. The normalized spacial score (nSPS) is 10.5. The van der Waals surface area contributed by atoms with Crippen LogP contribution in [0.4, 0.5) is 0 Å². The number of benzene rings is 1. The highest BCUT2D eigenvalue weighted by atomic mass is 35.5. The Bertz CT molecular complexity index is 350. The molecule has 1 rings (SSSR count). The van der Waals surface area contributed by atoms with Crippen molar-refractivity contribution >= 4 is 17.5 Å². The zero-order chi connectivity index (χ0) is 12.0. The molecular formula is C13H18ClNO. The summed E-state index contributed by atoms with van der Waals surface area (Å²) in [7, 11) is 0. The number of amides is 1. The van der Waals surface area contributed by atoms with Gasteiger partial charge in [0.2, 0.25) is 5.91 Å². The number of carbonyl (C=O) groups is 1. The summed E-state index contributed by atoms with van der Waals surface area (Å²) in [5.41, 5.74) is 0.960. The monoisotopic (exact) mass is 239 g/mol. The second-order valence-electron chi connectivity index (χ2n) is 4.30. The maximum atomic E-state index is 11.5. The number of carbonyl (C=O) groups excluding carboxylic acids is 1. The van der Waals surface area contributed by atoms with Crippen LogP contribution in [0.2, 0.25) is 5.02 Å². The topological polar surface area (TPSA) is 29.1 Å². The average Bonchev–Trinajstić information content (AvgIpc) is 2.25. The molecule has 0 fully saturated rings. The Hall–Kier alpha value is -1.02. The van der Waals surface area contributed by atoms with Crippen LogP contribution in [0.3, 0.4) is 0 Å². The van der Waals surface area contributed by atoms with E-state index < -0.39 is 0 Å². The Morgan fingerprint density at radius 1 is 1.38 bits per heavy atom. The average molecular weight is 240 g/mol. The number of nitrogens with one attached hydrogen (secondary N) is 1. The van der Waals surface area contributed by atoms with Crippen molar-refractivity contribution in [3.05, 3.63) is 34.9 Å². The summed E-state index contributed by atoms with van der Waals surface area (Å²) in [6, 6.07) is 7.55. The van der Waals surface area contributed by atoms with Crippen molar-refractivity contribution in [2.75, 3.05) is 0 Å². The van der Waals surface area contributed by atoms with Gasteiger partial charge in [0.1, 0.15) is 0 Å². The minimum atomic E-state index is 0.0913. The van der Waals surface area contributed by atoms with E-state index in [1.165, 1.54) is 0 Å². The standard InChI is InChI=1S/C13H18ClNO/c1-10(2)7-8-13(16)15-9-11-5-3-4-6-12(11)14/h3-6,10H,7-9H2,1-2H3,(H,15,16). The van der Waals surface area contributed by atoms with Gasteiger partial charge in [-0.15, -0.1) is 0 Å². The molecule has 0 unspecified atom stereocenters. The van der Waals surface area contributed by atoms with Crippen molar-refractivity contribution in [2.24, 2.45) is 5.92 Å². The van der Waals surface area contributed by atoms with Crippen LogP contribution >= 0.6 is 11.6 Å². The third-order valence-electron chi connectivity index (χ3n) is 2.38. The molecule has 2 nitrogen and oxygen atoms in total. The van der Waals surface area contributed by atoms with Crippen LogP contribution in [0, 0.1) is 5.92 Å². The van der Waals surface area contributed by atoms with Gasteiger partial charge < -0.3 is 5.32 Å². The summed E-state index contributed by atoms with van der Waals surface area (Å²) >= 11 is 5.98. The van der Waals surface area contributed by atoms with Gasteiger partial charge in [0.15, 0.2) is 0 Å². The molecule has 88 valence electrons. The predicted octanol–water partition coefficient (Wildman–Crippen LogP) is 3.39. The van der Waals surface area contributed by atoms with E-state index >= 15 is 0 Å². The highest BCUT2D eigenvalue weighted by Crippen LogP contribution is 2.14. The van der Waals surface area contributed by atoms with E-state index in [1.54, 1.807) is 0 Å². The lowest BCUT2D eigenvalue weighted by molar-refractivity contribution is -0.121. The molecule has 1 N–H and O–H groups in total. The molecule has 0 spiro atoms. The fraction of sp³-hybridized carbons (Fsp3) is 0.462. The van der Waals surface area contributed by atoms with Gasteiger partial charge in [-0.2, -0.15) is 0 Å². The molecule has 0 aliphatic rings. The molecule has 16 heavy (non-hydrogen) atoms. The summed E-state index contributed by atoms with van der Waals surface area (Å²) in [4.78, 5) is 11.5. The Labute approximate surface area is 102 Å². The van der Waals surface area contributed by atoms with E-state index in [0.29, 0.717) is 23.9 Å². The van der Waals surface area contributed by atoms with Crippen molar-refractivity contribution in [2.45, 2.75) is 33.2 Å². The SMILES string of the molecule is CC(C)CCC(=O)NCc1ccccc1Cl. The Morgan fingerprint density at radius 3 is 2.69 bits per heavy atom. The number of halogens is 1. The maximum Gasteiger partial charge on any atom is 0.220 e. The minimum absolute atomic E-state index is 0.0913. The van der Waals surface area contributed by atoms with Crippen LogP contribution in [0.1, 0.15) is 32.3 Å². The van der Waals surface area contributed by atoms with Crippen LogP contribution < -0.4 is 5.32 Å². The zero-order valence-electron chi connectivity index (χ0n) is 9.79. The highest BCUT2D eigenvalue weighted by Gasteiger charge is 2.04. The van der Waals surface area contributed by atoms with Crippen molar-refractivity contribution in [3.63, 3.8) is 0 Å². The molecule has 0 aromatic heterocycles. The molecule has 1 amide bonds. The third kappa shape index (κ3) is 4.67. The summed E-state index contributed by atoms with van der Waals surface area (Å²) in [5, 5.41) is 3.57. The molecule has 0 bridgehead atoms. The molecule has 0 radical (unpaired) electrons. The first-order valence-electron chi connectivity index (χ1n) is 5.59. The molecule has 3 heteroatoms. The fourth-order valence-electron chi connectivity index (χ4n) is 1.34. The summed E-state index contributed by atoms with van der Waals surface area (Å²) in [6.45, 7) is 4.74. The lowest BCUT2D eigenvalue weighted by Crippen LogP contribution is -2.22. The minimum Gasteiger partial charge on any atom is -0.352 e. The van der Waals surface area contributed by atoms with Gasteiger partial charge in [-0.1, -0.05) is 43.6 Å². The highest BCUT2D eigenvalue weighted by molar-refractivity contribution is 6.31. The molecule has 0 atom stereocenters. The van der Waals surface area contributed by atoms with Gasteiger partial charge in [-0.25, -0.2) is 0 Å². The van der Waals surface area contributed by atoms with Gasteiger partial charge in [-0.05, 0) is 24.0 Å². The van der Waals surface area contributed by atoms with E-state index in [9.17, 15) is 4.79 Å². The van der Waals surface area contributed by atoms with Crippen molar-refractivity contribution < 1.29 is 4.79 Å². The first kappa shape index (κ1) is 13.0. The zero-order valence-corrected chi connectivity index (χ0v) is 10.6. The van der Waals surface area contributed by atoms with Gasteiger partial charge in [0.05, 0.1) is 0 Å². The smallest absolute Gasteiger partial charge is 0.220 e. The van der Waals surface area contributed by atoms with Gasteiger partial charge >= 0.3 is 0 Å². The first-order chi connectivity index (χ1) is 7.59. The summed E-state index contributed by atoms with van der Waals surface area (Å²) < 4.78 is 0. The molecule has 0 heterocycles. The van der Waals surface area contributed by atoms with Crippen LogP contribution in [0.25, 0.3) is 0 Å². The summed E-state index contributed by atoms with van der Waals surface area (Å²) in [6.07, 6.45) is 1.51.